The highest BCUT2D eigenvalue weighted by Crippen LogP contribution is 2.60. The van der Waals surface area contributed by atoms with Gasteiger partial charge in [-0.1, -0.05) is 0 Å². The van der Waals surface area contributed by atoms with Crippen LogP contribution >= 0.6 is 0 Å². The lowest BCUT2D eigenvalue weighted by Crippen LogP contribution is -2.48. The van der Waals surface area contributed by atoms with Gasteiger partial charge in [-0.2, -0.15) is 5.10 Å². The van der Waals surface area contributed by atoms with Crippen LogP contribution in [-0.4, -0.2) is 14.8 Å². The molecule has 98 valence electrons. The zero-order valence-corrected chi connectivity index (χ0v) is 10.9. The van der Waals surface area contributed by atoms with Gasteiger partial charge in [0.2, 0.25) is 0 Å². The second kappa shape index (κ2) is 3.80. The van der Waals surface area contributed by atoms with E-state index in [1.54, 1.807) is 0 Å². The second-order valence-electron chi connectivity index (χ2n) is 6.98. The van der Waals surface area contributed by atoms with Gasteiger partial charge in [0.1, 0.15) is 6.33 Å². The lowest BCUT2D eigenvalue weighted by Gasteiger charge is -2.56. The Labute approximate surface area is 108 Å². The highest BCUT2D eigenvalue weighted by Gasteiger charge is 2.50. The Hall–Kier alpha value is -0.900. The van der Waals surface area contributed by atoms with Crippen LogP contribution in [0.15, 0.2) is 6.33 Å². The smallest absolute Gasteiger partial charge is 0.164 e. The maximum absolute atomic E-state index is 5.59. The first-order chi connectivity index (χ1) is 8.75. The minimum absolute atomic E-state index is 0.452. The molecule has 1 aromatic rings. The fourth-order valence-electron chi connectivity index (χ4n) is 5.33. The standard InChI is InChI=1S/C14H22N4/c15-7-13-16-9-18(17-13)8-14-4-10-1-11(5-14)3-12(2-10)6-14/h9-12H,1-8,15H2. The van der Waals surface area contributed by atoms with Crippen molar-refractivity contribution in [3.63, 3.8) is 0 Å². The monoisotopic (exact) mass is 246 g/mol. The number of nitrogens with two attached hydrogens (primary N) is 1. The first-order valence-corrected chi connectivity index (χ1v) is 7.33. The number of hydrogen-bond acceptors (Lipinski definition) is 3. The van der Waals surface area contributed by atoms with Gasteiger partial charge in [-0.05, 0) is 61.7 Å². The van der Waals surface area contributed by atoms with Crippen LogP contribution in [0.25, 0.3) is 0 Å². The van der Waals surface area contributed by atoms with E-state index in [0.29, 0.717) is 12.0 Å². The van der Waals surface area contributed by atoms with Gasteiger partial charge in [-0.25, -0.2) is 4.98 Å². The van der Waals surface area contributed by atoms with Crippen molar-refractivity contribution in [2.45, 2.75) is 51.6 Å². The van der Waals surface area contributed by atoms with Crippen molar-refractivity contribution < 1.29 is 0 Å². The van der Waals surface area contributed by atoms with E-state index in [1.165, 1.54) is 38.5 Å². The van der Waals surface area contributed by atoms with Crippen LogP contribution in [0.4, 0.5) is 0 Å². The van der Waals surface area contributed by atoms with Crippen molar-refractivity contribution in [1.29, 1.82) is 0 Å². The molecule has 4 heteroatoms. The second-order valence-corrected chi connectivity index (χ2v) is 6.98. The van der Waals surface area contributed by atoms with Gasteiger partial charge < -0.3 is 5.73 Å². The van der Waals surface area contributed by atoms with Crippen LogP contribution in [0.1, 0.15) is 44.3 Å². The highest BCUT2D eigenvalue weighted by molar-refractivity contribution is 5.01. The van der Waals surface area contributed by atoms with Gasteiger partial charge in [-0.3, -0.25) is 4.68 Å². The zero-order chi connectivity index (χ0) is 12.2. The lowest BCUT2D eigenvalue weighted by atomic mass is 9.49. The van der Waals surface area contributed by atoms with Gasteiger partial charge >= 0.3 is 0 Å². The summed E-state index contributed by atoms with van der Waals surface area (Å²) in [7, 11) is 0. The van der Waals surface area contributed by atoms with E-state index < -0.39 is 0 Å². The predicted octanol–water partition coefficient (Wildman–Crippen LogP) is 1.95. The van der Waals surface area contributed by atoms with Crippen molar-refractivity contribution in [3.8, 4) is 0 Å². The Morgan fingerprint density at radius 1 is 1.17 bits per heavy atom. The number of hydrogen-bond donors (Lipinski definition) is 1. The molecule has 4 saturated carbocycles. The molecule has 0 aromatic carbocycles. The van der Waals surface area contributed by atoms with Gasteiger partial charge in [0.15, 0.2) is 5.82 Å². The minimum atomic E-state index is 0.452. The van der Waals surface area contributed by atoms with Crippen molar-refractivity contribution in [1.82, 2.24) is 14.8 Å². The predicted molar refractivity (Wildman–Crippen MR) is 68.5 cm³/mol. The Morgan fingerprint density at radius 3 is 2.28 bits per heavy atom. The summed E-state index contributed by atoms with van der Waals surface area (Å²) in [5, 5.41) is 4.49. The Morgan fingerprint density at radius 2 is 1.78 bits per heavy atom. The number of rotatable bonds is 3. The van der Waals surface area contributed by atoms with E-state index in [9.17, 15) is 0 Å². The molecule has 0 atom stereocenters. The van der Waals surface area contributed by atoms with Crippen molar-refractivity contribution >= 4 is 0 Å². The van der Waals surface area contributed by atoms with Crippen LogP contribution in [0.2, 0.25) is 0 Å². The molecule has 4 aliphatic rings. The van der Waals surface area contributed by atoms with Crippen LogP contribution in [-0.2, 0) is 13.1 Å². The Bertz CT molecular complexity index is 415. The van der Waals surface area contributed by atoms with Crippen molar-refractivity contribution in [3.05, 3.63) is 12.2 Å². The molecule has 0 unspecified atom stereocenters. The van der Waals surface area contributed by atoms with E-state index in [1.807, 2.05) is 6.33 Å². The van der Waals surface area contributed by atoms with Crippen molar-refractivity contribution in [2.24, 2.45) is 28.9 Å². The average Bonchev–Trinajstić information content (AvgIpc) is 2.74. The quantitative estimate of drug-likeness (QED) is 0.887. The van der Waals surface area contributed by atoms with Crippen LogP contribution in [0.3, 0.4) is 0 Å². The molecule has 1 aromatic heterocycles. The summed E-state index contributed by atoms with van der Waals surface area (Å²) in [5.41, 5.74) is 6.12. The average molecular weight is 246 g/mol. The van der Waals surface area contributed by atoms with E-state index in [0.717, 1.165) is 30.1 Å². The highest BCUT2D eigenvalue weighted by atomic mass is 15.3. The third kappa shape index (κ3) is 1.69. The molecule has 4 aliphatic carbocycles. The Balaban J connectivity index is 1.56. The maximum Gasteiger partial charge on any atom is 0.164 e. The number of aromatic nitrogens is 3. The molecule has 0 amide bonds. The molecular weight excluding hydrogens is 224 g/mol. The molecule has 4 bridgehead atoms. The molecule has 2 N–H and O–H groups in total. The van der Waals surface area contributed by atoms with Gasteiger partial charge in [0.05, 0.1) is 6.54 Å². The van der Waals surface area contributed by atoms with E-state index >= 15 is 0 Å². The fourth-order valence-corrected chi connectivity index (χ4v) is 5.33. The van der Waals surface area contributed by atoms with Gasteiger partial charge in [0.25, 0.3) is 0 Å². The molecule has 1 heterocycles. The SMILES string of the molecule is NCc1ncn(CC23CC4CC(CC(C4)C2)C3)n1. The summed E-state index contributed by atoms with van der Waals surface area (Å²) in [5.74, 6) is 3.80. The zero-order valence-electron chi connectivity index (χ0n) is 10.9. The molecule has 4 nitrogen and oxygen atoms in total. The summed E-state index contributed by atoms with van der Waals surface area (Å²) >= 11 is 0. The van der Waals surface area contributed by atoms with Gasteiger partial charge in [-0.15, -0.1) is 0 Å². The van der Waals surface area contributed by atoms with E-state index in [2.05, 4.69) is 14.8 Å². The molecule has 4 fully saturated rings. The summed E-state index contributed by atoms with van der Waals surface area (Å²) in [4.78, 5) is 4.26. The molecule has 5 rings (SSSR count). The third-order valence-corrected chi connectivity index (χ3v) is 5.43. The normalized spacial score (nSPS) is 41.5. The first kappa shape index (κ1) is 11.0. The van der Waals surface area contributed by atoms with Crippen molar-refractivity contribution in [2.75, 3.05) is 0 Å². The fraction of sp³-hybridized carbons (Fsp3) is 0.857. The molecular formula is C14H22N4. The van der Waals surface area contributed by atoms with Crippen LogP contribution in [0.5, 0.6) is 0 Å². The molecule has 18 heavy (non-hydrogen) atoms. The van der Waals surface area contributed by atoms with E-state index in [4.69, 9.17) is 5.73 Å². The molecule has 0 aliphatic heterocycles. The molecule has 0 saturated heterocycles. The van der Waals surface area contributed by atoms with E-state index in [-0.39, 0.29) is 0 Å². The topological polar surface area (TPSA) is 56.7 Å². The third-order valence-electron chi connectivity index (χ3n) is 5.43. The molecule has 0 spiro atoms. The van der Waals surface area contributed by atoms with Gasteiger partial charge in [0, 0.05) is 6.54 Å². The summed E-state index contributed by atoms with van der Waals surface area (Å²) in [6.45, 7) is 1.53. The van der Waals surface area contributed by atoms with Crippen LogP contribution in [0, 0.1) is 23.2 Å². The maximum atomic E-state index is 5.59. The summed E-state index contributed by atoms with van der Waals surface area (Å²) in [6, 6.07) is 0. The minimum Gasteiger partial charge on any atom is -0.324 e. The Kier molecular flexibility index (Phi) is 2.31. The first-order valence-electron chi connectivity index (χ1n) is 7.33. The summed E-state index contributed by atoms with van der Waals surface area (Å²) in [6.07, 6.45) is 10.7. The lowest BCUT2D eigenvalue weighted by molar-refractivity contribution is -0.0636. The largest absolute Gasteiger partial charge is 0.324 e. The summed E-state index contributed by atoms with van der Waals surface area (Å²) < 4.78 is 2.05. The molecule has 0 radical (unpaired) electrons. The van der Waals surface area contributed by atoms with Crippen LogP contribution < -0.4 is 5.73 Å². The number of nitrogens with zero attached hydrogens (tertiary/aromatic N) is 3.